The van der Waals surface area contributed by atoms with Crippen LogP contribution in [-0.4, -0.2) is 99.4 Å². The highest BCUT2D eigenvalue weighted by atomic mass is 16.6. The van der Waals surface area contributed by atoms with Crippen molar-refractivity contribution in [1.29, 1.82) is 0 Å². The normalized spacial score (nSPS) is 21.7. The second-order valence-corrected chi connectivity index (χ2v) is 11.1. The second-order valence-electron chi connectivity index (χ2n) is 11.1. The highest BCUT2D eigenvalue weighted by molar-refractivity contribution is 5.71. The molecule has 2 aromatic carbocycles. The second kappa shape index (κ2) is 13.2. The van der Waals surface area contributed by atoms with Crippen molar-refractivity contribution in [2.24, 2.45) is 0 Å². The number of nitrogens with zero attached hydrogens (tertiary/aromatic N) is 4. The first-order chi connectivity index (χ1) is 19.5. The number of ether oxygens (including phenoxy) is 4. The molecule has 2 heterocycles. The first-order valence-electron chi connectivity index (χ1n) is 14.3. The molecule has 0 N–H and O–H groups in total. The van der Waals surface area contributed by atoms with Gasteiger partial charge in [-0.3, -0.25) is 4.90 Å². The maximum absolute atomic E-state index is 12.4. The summed E-state index contributed by atoms with van der Waals surface area (Å²) in [5.41, 5.74) is 4.34. The largest absolute Gasteiger partial charge is 0.414 e. The molecule has 0 saturated carbocycles. The van der Waals surface area contributed by atoms with Crippen molar-refractivity contribution < 1.29 is 28.5 Å². The summed E-state index contributed by atoms with van der Waals surface area (Å²) in [6, 6.07) is 11.6. The molecule has 224 valence electrons. The maximum Gasteiger partial charge on any atom is 0.414 e. The van der Waals surface area contributed by atoms with Crippen LogP contribution in [0.4, 0.5) is 9.59 Å². The van der Waals surface area contributed by atoms with Crippen LogP contribution < -0.4 is 9.47 Å². The van der Waals surface area contributed by atoms with Crippen LogP contribution in [0.5, 0.6) is 11.5 Å². The third kappa shape index (κ3) is 6.83. The Hall–Kier alpha value is -3.18. The summed E-state index contributed by atoms with van der Waals surface area (Å²) >= 11 is 0. The molecule has 4 atom stereocenters. The smallest absolute Gasteiger partial charge is 0.410 e. The third-order valence-electron chi connectivity index (χ3n) is 8.13. The van der Waals surface area contributed by atoms with Gasteiger partial charge >= 0.3 is 12.2 Å². The zero-order valence-corrected chi connectivity index (χ0v) is 25.5. The molecular formula is C31H44N4O6. The predicted molar refractivity (Wildman–Crippen MR) is 156 cm³/mol. The summed E-state index contributed by atoms with van der Waals surface area (Å²) in [4.78, 5) is 32.1. The molecule has 41 heavy (non-hydrogen) atoms. The van der Waals surface area contributed by atoms with Gasteiger partial charge in [0.15, 0.2) is 0 Å². The Balaban J connectivity index is 1.55. The van der Waals surface area contributed by atoms with Gasteiger partial charge in [0.05, 0.1) is 37.5 Å². The SMILES string of the molecule is CCN(C)C(=O)Oc1ccc2c(c1)CO[C@@H](C)C2N(C)CC1OCC(N(C)C)c2cc(OC(=O)N(C)CC)ccc21. The first kappa shape index (κ1) is 30.8. The van der Waals surface area contributed by atoms with E-state index >= 15 is 0 Å². The van der Waals surface area contributed by atoms with Crippen molar-refractivity contribution in [1.82, 2.24) is 19.6 Å². The predicted octanol–water partition coefficient (Wildman–Crippen LogP) is 4.85. The van der Waals surface area contributed by atoms with Crippen molar-refractivity contribution in [2.45, 2.75) is 51.7 Å². The molecule has 0 aromatic heterocycles. The number of carbonyl (C=O) groups is 2. The fourth-order valence-electron chi connectivity index (χ4n) is 5.37. The van der Waals surface area contributed by atoms with Gasteiger partial charge < -0.3 is 33.6 Å². The zero-order valence-electron chi connectivity index (χ0n) is 25.5. The Morgan fingerprint density at radius 2 is 1.41 bits per heavy atom. The van der Waals surface area contributed by atoms with E-state index in [-0.39, 0.29) is 36.5 Å². The lowest BCUT2D eigenvalue weighted by Gasteiger charge is -2.41. The molecule has 0 fully saturated rings. The highest BCUT2D eigenvalue weighted by Gasteiger charge is 2.35. The summed E-state index contributed by atoms with van der Waals surface area (Å²) in [6.45, 7) is 8.66. The molecule has 2 aliphatic heterocycles. The molecule has 2 amide bonds. The lowest BCUT2D eigenvalue weighted by atomic mass is 9.90. The van der Waals surface area contributed by atoms with Crippen LogP contribution in [0.3, 0.4) is 0 Å². The van der Waals surface area contributed by atoms with Crippen molar-refractivity contribution in [2.75, 3.05) is 61.5 Å². The Bertz CT molecular complexity index is 1240. The molecule has 10 heteroatoms. The van der Waals surface area contributed by atoms with E-state index in [2.05, 4.69) is 23.8 Å². The van der Waals surface area contributed by atoms with E-state index in [0.29, 0.717) is 44.3 Å². The van der Waals surface area contributed by atoms with E-state index in [1.54, 1.807) is 14.1 Å². The summed E-state index contributed by atoms with van der Waals surface area (Å²) in [7, 11) is 9.56. The van der Waals surface area contributed by atoms with Crippen molar-refractivity contribution in [3.63, 3.8) is 0 Å². The Morgan fingerprint density at radius 3 is 2.00 bits per heavy atom. The van der Waals surface area contributed by atoms with Gasteiger partial charge in [-0.25, -0.2) is 9.59 Å². The molecule has 3 unspecified atom stereocenters. The van der Waals surface area contributed by atoms with Gasteiger partial charge in [-0.2, -0.15) is 0 Å². The van der Waals surface area contributed by atoms with E-state index in [9.17, 15) is 9.59 Å². The minimum atomic E-state index is -0.384. The van der Waals surface area contributed by atoms with E-state index < -0.39 is 0 Å². The van der Waals surface area contributed by atoms with Crippen LogP contribution in [0.15, 0.2) is 36.4 Å². The Kier molecular flexibility index (Phi) is 9.91. The number of hydrogen-bond donors (Lipinski definition) is 0. The van der Waals surface area contributed by atoms with E-state index in [0.717, 1.165) is 22.3 Å². The molecule has 4 rings (SSSR count). The van der Waals surface area contributed by atoms with Gasteiger partial charge in [0, 0.05) is 33.7 Å². The van der Waals surface area contributed by atoms with Crippen molar-refractivity contribution >= 4 is 12.2 Å². The average Bonchev–Trinajstić information content (AvgIpc) is 2.95. The van der Waals surface area contributed by atoms with Gasteiger partial charge in [0.1, 0.15) is 11.5 Å². The quantitative estimate of drug-likeness (QED) is 0.447. The number of amides is 2. The molecular weight excluding hydrogens is 524 g/mol. The van der Waals surface area contributed by atoms with Gasteiger partial charge in [0.2, 0.25) is 0 Å². The summed E-state index contributed by atoms with van der Waals surface area (Å²) < 4.78 is 23.8. The molecule has 0 aliphatic carbocycles. The molecule has 10 nitrogen and oxygen atoms in total. The minimum absolute atomic E-state index is 0.00903. The minimum Gasteiger partial charge on any atom is -0.410 e. The Morgan fingerprint density at radius 1 is 0.829 bits per heavy atom. The lowest BCUT2D eigenvalue weighted by Crippen LogP contribution is -2.41. The van der Waals surface area contributed by atoms with Gasteiger partial charge in [-0.05, 0) is 88.4 Å². The summed E-state index contributed by atoms with van der Waals surface area (Å²) in [5, 5.41) is 0. The van der Waals surface area contributed by atoms with Gasteiger partial charge in [-0.15, -0.1) is 0 Å². The number of benzene rings is 2. The monoisotopic (exact) mass is 568 g/mol. The average molecular weight is 569 g/mol. The third-order valence-corrected chi connectivity index (χ3v) is 8.13. The molecule has 0 spiro atoms. The van der Waals surface area contributed by atoms with Gasteiger partial charge in [-0.1, -0.05) is 12.1 Å². The van der Waals surface area contributed by atoms with Crippen LogP contribution in [0.1, 0.15) is 61.2 Å². The topological polar surface area (TPSA) is 84.0 Å². The van der Waals surface area contributed by atoms with E-state index in [1.165, 1.54) is 9.80 Å². The highest BCUT2D eigenvalue weighted by Crippen LogP contribution is 2.40. The van der Waals surface area contributed by atoms with Crippen molar-refractivity contribution in [3.8, 4) is 11.5 Å². The van der Waals surface area contributed by atoms with E-state index in [1.807, 2.05) is 64.3 Å². The van der Waals surface area contributed by atoms with Crippen LogP contribution in [0, 0.1) is 0 Å². The standard InChI is InChI=1S/C31H44N4O6/c1-9-33(6)30(36)40-22-11-13-24-21(15-22)18-38-20(3)29(24)35(8)17-28-25-14-12-23(41-31(37)34(7)10-2)16-26(25)27(19-39-28)32(4)5/h11-16,20,27-29H,9-10,17-19H2,1-8H3/t20-,27?,28?,29?/m0/s1. The zero-order chi connectivity index (χ0) is 29.8. The number of fused-ring (bicyclic) bond motifs is 2. The fourth-order valence-corrected chi connectivity index (χ4v) is 5.37. The molecule has 2 aromatic rings. The van der Waals surface area contributed by atoms with Crippen LogP contribution in [0.2, 0.25) is 0 Å². The lowest BCUT2D eigenvalue weighted by molar-refractivity contribution is -0.0549. The Labute approximate surface area is 243 Å². The van der Waals surface area contributed by atoms with Crippen molar-refractivity contribution in [3.05, 3.63) is 58.7 Å². The van der Waals surface area contributed by atoms with Crippen LogP contribution in [-0.2, 0) is 16.1 Å². The maximum atomic E-state index is 12.4. The molecule has 0 radical (unpaired) electrons. The summed E-state index contributed by atoms with van der Waals surface area (Å²) in [5.74, 6) is 1.04. The molecule has 2 aliphatic rings. The van der Waals surface area contributed by atoms with Crippen LogP contribution in [0.25, 0.3) is 0 Å². The number of rotatable bonds is 8. The number of likely N-dealkylation sites (N-methyl/N-ethyl adjacent to an activating group) is 2. The number of hydrogen-bond acceptors (Lipinski definition) is 8. The first-order valence-corrected chi connectivity index (χ1v) is 14.3. The van der Waals surface area contributed by atoms with Crippen LogP contribution >= 0.6 is 0 Å². The fraction of sp³-hybridized carbons (Fsp3) is 0.548. The van der Waals surface area contributed by atoms with E-state index in [4.69, 9.17) is 18.9 Å². The molecule has 0 saturated heterocycles. The molecule has 0 bridgehead atoms. The number of carbonyl (C=O) groups excluding carboxylic acids is 2. The summed E-state index contributed by atoms with van der Waals surface area (Å²) in [6.07, 6.45) is -0.971. The van der Waals surface area contributed by atoms with Gasteiger partial charge in [0.25, 0.3) is 0 Å².